The molecule has 0 atom stereocenters. The molecule has 0 bridgehead atoms. The minimum Gasteiger partial charge on any atom is -0.396 e. The van der Waals surface area contributed by atoms with Gasteiger partial charge >= 0.3 is 0 Å². The molecule has 0 aromatic carbocycles. The number of pyridine rings is 3. The Hall–Kier alpha value is -2.59. The molecule has 4 nitrogen and oxygen atoms in total. The fourth-order valence-corrected chi connectivity index (χ4v) is 2.82. The maximum absolute atomic E-state index is 8.89. The molecular weight excluding hydrogens is 310 g/mol. The van der Waals surface area contributed by atoms with Gasteiger partial charge in [-0.1, -0.05) is 25.0 Å². The Balaban J connectivity index is 1.86. The number of aromatic nitrogens is 3. The van der Waals surface area contributed by atoms with Gasteiger partial charge in [-0.2, -0.15) is 0 Å². The molecule has 3 heterocycles. The minimum absolute atomic E-state index is 0.281. The zero-order chi connectivity index (χ0) is 17.3. The number of unbranched alkanes of at least 4 members (excludes halogenated alkanes) is 3. The van der Waals surface area contributed by atoms with E-state index in [1.54, 1.807) is 12.4 Å². The standard InChI is InChI=1S/C21H23N3O/c25-14-8-2-1-3-9-17-15-20(18-10-4-6-12-22-18)24-21(16-17)19-11-5-7-13-23-19/h4-7,10-13,15-16,25H,1-3,8-9,14H2. The highest BCUT2D eigenvalue weighted by Gasteiger charge is 2.08. The van der Waals surface area contributed by atoms with Gasteiger partial charge in [-0.05, 0) is 61.2 Å². The van der Waals surface area contributed by atoms with Crippen molar-refractivity contribution in [3.05, 3.63) is 66.5 Å². The summed E-state index contributed by atoms with van der Waals surface area (Å²) >= 11 is 0. The van der Waals surface area contributed by atoms with Crippen LogP contribution < -0.4 is 0 Å². The van der Waals surface area contributed by atoms with Crippen LogP contribution in [0.2, 0.25) is 0 Å². The number of aliphatic hydroxyl groups is 1. The number of aryl methyl sites for hydroxylation is 1. The lowest BCUT2D eigenvalue weighted by atomic mass is 10.0. The van der Waals surface area contributed by atoms with E-state index in [9.17, 15) is 0 Å². The second-order valence-corrected chi connectivity index (χ2v) is 6.06. The van der Waals surface area contributed by atoms with E-state index in [0.717, 1.165) is 54.9 Å². The van der Waals surface area contributed by atoms with Crippen molar-refractivity contribution >= 4 is 0 Å². The molecule has 3 aromatic rings. The molecule has 0 aliphatic rings. The number of nitrogens with zero attached hydrogens (tertiary/aromatic N) is 3. The van der Waals surface area contributed by atoms with Crippen LogP contribution in [0.5, 0.6) is 0 Å². The highest BCUT2D eigenvalue weighted by atomic mass is 16.2. The van der Waals surface area contributed by atoms with Crippen molar-refractivity contribution in [1.29, 1.82) is 0 Å². The molecule has 0 saturated heterocycles. The van der Waals surface area contributed by atoms with Gasteiger partial charge in [0.05, 0.1) is 22.8 Å². The van der Waals surface area contributed by atoms with E-state index in [2.05, 4.69) is 22.1 Å². The number of hydrogen-bond acceptors (Lipinski definition) is 4. The smallest absolute Gasteiger partial charge is 0.0897 e. The van der Waals surface area contributed by atoms with E-state index in [0.29, 0.717) is 0 Å². The van der Waals surface area contributed by atoms with Crippen molar-refractivity contribution in [2.75, 3.05) is 6.61 Å². The Bertz CT molecular complexity index is 718. The molecule has 3 rings (SSSR count). The zero-order valence-electron chi connectivity index (χ0n) is 14.3. The van der Waals surface area contributed by atoms with Gasteiger partial charge in [-0.15, -0.1) is 0 Å². The van der Waals surface area contributed by atoms with Crippen LogP contribution in [0.25, 0.3) is 22.8 Å². The summed E-state index contributed by atoms with van der Waals surface area (Å²) in [7, 11) is 0. The molecule has 25 heavy (non-hydrogen) atoms. The summed E-state index contributed by atoms with van der Waals surface area (Å²) < 4.78 is 0. The summed E-state index contributed by atoms with van der Waals surface area (Å²) in [5.41, 5.74) is 4.77. The third-order valence-corrected chi connectivity index (χ3v) is 4.11. The first-order chi connectivity index (χ1) is 12.4. The third kappa shape index (κ3) is 4.94. The van der Waals surface area contributed by atoms with Crippen LogP contribution in [0.15, 0.2) is 60.9 Å². The van der Waals surface area contributed by atoms with Crippen molar-refractivity contribution in [2.45, 2.75) is 32.1 Å². The molecule has 0 aliphatic carbocycles. The molecule has 0 spiro atoms. The van der Waals surface area contributed by atoms with Gasteiger partial charge < -0.3 is 5.11 Å². The first-order valence-electron chi connectivity index (χ1n) is 8.81. The number of aliphatic hydroxyl groups excluding tert-OH is 1. The maximum Gasteiger partial charge on any atom is 0.0897 e. The van der Waals surface area contributed by atoms with Crippen LogP contribution in [0.4, 0.5) is 0 Å². The van der Waals surface area contributed by atoms with Crippen LogP contribution in [-0.2, 0) is 6.42 Å². The third-order valence-electron chi connectivity index (χ3n) is 4.11. The van der Waals surface area contributed by atoms with Crippen molar-refractivity contribution in [3.8, 4) is 22.8 Å². The Morgan fingerprint density at radius 3 is 1.80 bits per heavy atom. The van der Waals surface area contributed by atoms with Crippen molar-refractivity contribution in [2.24, 2.45) is 0 Å². The summed E-state index contributed by atoms with van der Waals surface area (Å²) in [4.78, 5) is 13.6. The summed E-state index contributed by atoms with van der Waals surface area (Å²) in [6, 6.07) is 16.0. The van der Waals surface area contributed by atoms with E-state index in [1.165, 1.54) is 5.56 Å². The Kier molecular flexibility index (Phi) is 6.23. The van der Waals surface area contributed by atoms with Gasteiger partial charge in [0.15, 0.2) is 0 Å². The topological polar surface area (TPSA) is 58.9 Å². The molecule has 3 aromatic heterocycles. The Labute approximate surface area is 148 Å². The zero-order valence-corrected chi connectivity index (χ0v) is 14.3. The van der Waals surface area contributed by atoms with Crippen molar-refractivity contribution < 1.29 is 5.11 Å². The fourth-order valence-electron chi connectivity index (χ4n) is 2.82. The summed E-state index contributed by atoms with van der Waals surface area (Å²) in [5.74, 6) is 0. The largest absolute Gasteiger partial charge is 0.396 e. The maximum atomic E-state index is 8.89. The molecule has 0 aliphatic heterocycles. The Morgan fingerprint density at radius 2 is 1.28 bits per heavy atom. The van der Waals surface area contributed by atoms with Gasteiger partial charge in [-0.3, -0.25) is 9.97 Å². The monoisotopic (exact) mass is 333 g/mol. The van der Waals surface area contributed by atoms with Crippen LogP contribution in [0, 0.1) is 0 Å². The first-order valence-corrected chi connectivity index (χ1v) is 8.81. The highest BCUT2D eigenvalue weighted by molar-refractivity contribution is 5.63. The second-order valence-electron chi connectivity index (χ2n) is 6.06. The lowest BCUT2D eigenvalue weighted by molar-refractivity contribution is 0.282. The number of hydrogen-bond donors (Lipinski definition) is 1. The van der Waals surface area contributed by atoms with Gasteiger partial charge in [0.25, 0.3) is 0 Å². The van der Waals surface area contributed by atoms with Gasteiger partial charge in [-0.25, -0.2) is 4.98 Å². The molecule has 4 heteroatoms. The Morgan fingerprint density at radius 1 is 0.680 bits per heavy atom. The minimum atomic E-state index is 0.281. The van der Waals surface area contributed by atoms with Crippen LogP contribution in [0.1, 0.15) is 31.2 Å². The fraction of sp³-hybridized carbons (Fsp3) is 0.286. The van der Waals surface area contributed by atoms with E-state index >= 15 is 0 Å². The van der Waals surface area contributed by atoms with Gasteiger partial charge in [0, 0.05) is 19.0 Å². The van der Waals surface area contributed by atoms with Gasteiger partial charge in [0.2, 0.25) is 0 Å². The normalized spacial score (nSPS) is 10.8. The van der Waals surface area contributed by atoms with Crippen LogP contribution in [-0.4, -0.2) is 26.7 Å². The molecule has 0 saturated carbocycles. The number of rotatable bonds is 8. The lowest BCUT2D eigenvalue weighted by Gasteiger charge is -2.09. The van der Waals surface area contributed by atoms with E-state index < -0.39 is 0 Å². The van der Waals surface area contributed by atoms with Crippen molar-refractivity contribution in [1.82, 2.24) is 15.0 Å². The molecule has 1 N–H and O–H groups in total. The average Bonchev–Trinajstić information content (AvgIpc) is 2.69. The predicted octanol–water partition coefficient (Wildman–Crippen LogP) is 4.30. The molecule has 128 valence electrons. The van der Waals surface area contributed by atoms with Crippen molar-refractivity contribution in [3.63, 3.8) is 0 Å². The van der Waals surface area contributed by atoms with E-state index in [4.69, 9.17) is 10.1 Å². The van der Waals surface area contributed by atoms with E-state index in [1.807, 2.05) is 36.4 Å². The first kappa shape index (κ1) is 17.2. The molecule has 0 radical (unpaired) electrons. The summed E-state index contributed by atoms with van der Waals surface area (Å²) in [6.07, 6.45) is 8.76. The summed E-state index contributed by atoms with van der Waals surface area (Å²) in [6.45, 7) is 0.281. The quantitative estimate of drug-likeness (QED) is 0.624. The lowest BCUT2D eigenvalue weighted by Crippen LogP contribution is -1.96. The molecule has 0 amide bonds. The highest BCUT2D eigenvalue weighted by Crippen LogP contribution is 2.23. The average molecular weight is 333 g/mol. The van der Waals surface area contributed by atoms with Crippen LogP contribution >= 0.6 is 0 Å². The SMILES string of the molecule is OCCCCCCc1cc(-c2ccccn2)nc(-c2ccccn2)c1. The molecule has 0 fully saturated rings. The van der Waals surface area contributed by atoms with E-state index in [-0.39, 0.29) is 6.61 Å². The molecule has 0 unspecified atom stereocenters. The van der Waals surface area contributed by atoms with Gasteiger partial charge in [0.1, 0.15) is 0 Å². The molecular formula is C21H23N3O. The predicted molar refractivity (Wildman–Crippen MR) is 100.0 cm³/mol. The van der Waals surface area contributed by atoms with Crippen LogP contribution in [0.3, 0.4) is 0 Å². The summed E-state index contributed by atoms with van der Waals surface area (Å²) in [5, 5.41) is 8.89. The second kappa shape index (κ2) is 9.04.